The lowest BCUT2D eigenvalue weighted by Crippen LogP contribution is -2.29. The molecule has 1 aromatic rings. The Morgan fingerprint density at radius 1 is 1.06 bits per heavy atom. The molecule has 17 heavy (non-hydrogen) atoms. The second-order valence-corrected chi connectivity index (χ2v) is 4.73. The van der Waals surface area contributed by atoms with Gasteiger partial charge in [-0.2, -0.15) is 0 Å². The largest absolute Gasteiger partial charge is 0.316 e. The van der Waals surface area contributed by atoms with Crippen molar-refractivity contribution in [2.75, 3.05) is 14.1 Å². The van der Waals surface area contributed by atoms with Gasteiger partial charge in [0.2, 0.25) is 0 Å². The molecule has 0 bridgehead atoms. The molecule has 0 aliphatic heterocycles. The van der Waals surface area contributed by atoms with E-state index in [2.05, 4.69) is 55.4 Å². The number of benzene rings is 1. The number of rotatable bonds is 7. The SMILES string of the molecule is CCC(CC)N(C)Cc1ccc(CNC)cc1. The number of hydrogen-bond donors (Lipinski definition) is 1. The molecule has 0 aromatic heterocycles. The van der Waals surface area contributed by atoms with E-state index in [0.29, 0.717) is 6.04 Å². The Morgan fingerprint density at radius 2 is 1.59 bits per heavy atom. The molecule has 2 heteroatoms. The smallest absolute Gasteiger partial charge is 0.0233 e. The van der Waals surface area contributed by atoms with Crippen LogP contribution < -0.4 is 5.32 Å². The van der Waals surface area contributed by atoms with Crippen LogP contribution in [0.1, 0.15) is 37.8 Å². The van der Waals surface area contributed by atoms with Gasteiger partial charge in [0.05, 0.1) is 0 Å². The number of hydrogen-bond acceptors (Lipinski definition) is 2. The summed E-state index contributed by atoms with van der Waals surface area (Å²) in [6.07, 6.45) is 2.45. The van der Waals surface area contributed by atoms with E-state index in [1.807, 2.05) is 7.05 Å². The highest BCUT2D eigenvalue weighted by Crippen LogP contribution is 2.12. The number of nitrogens with one attached hydrogen (secondary N) is 1. The maximum atomic E-state index is 3.17. The van der Waals surface area contributed by atoms with Crippen molar-refractivity contribution in [3.05, 3.63) is 35.4 Å². The van der Waals surface area contributed by atoms with Gasteiger partial charge in [-0.3, -0.25) is 4.90 Å². The van der Waals surface area contributed by atoms with Gasteiger partial charge in [0.25, 0.3) is 0 Å². The normalized spacial score (nSPS) is 11.4. The van der Waals surface area contributed by atoms with Gasteiger partial charge in [0.1, 0.15) is 0 Å². The third-order valence-corrected chi connectivity index (χ3v) is 3.40. The Bertz CT molecular complexity index is 301. The summed E-state index contributed by atoms with van der Waals surface area (Å²) in [7, 11) is 4.20. The second-order valence-electron chi connectivity index (χ2n) is 4.73. The van der Waals surface area contributed by atoms with Crippen LogP contribution >= 0.6 is 0 Å². The van der Waals surface area contributed by atoms with E-state index in [1.165, 1.54) is 24.0 Å². The highest BCUT2D eigenvalue weighted by molar-refractivity contribution is 5.22. The van der Waals surface area contributed by atoms with Crippen molar-refractivity contribution in [1.29, 1.82) is 0 Å². The van der Waals surface area contributed by atoms with E-state index in [1.54, 1.807) is 0 Å². The minimum absolute atomic E-state index is 0.701. The zero-order valence-electron chi connectivity index (χ0n) is 11.7. The molecule has 1 aromatic carbocycles. The van der Waals surface area contributed by atoms with Crippen LogP contribution in [0.15, 0.2) is 24.3 Å². The van der Waals surface area contributed by atoms with Crippen molar-refractivity contribution in [2.45, 2.75) is 45.8 Å². The third-order valence-electron chi connectivity index (χ3n) is 3.40. The molecule has 0 amide bonds. The first kappa shape index (κ1) is 14.2. The summed E-state index contributed by atoms with van der Waals surface area (Å²) in [6, 6.07) is 9.61. The first-order valence-electron chi connectivity index (χ1n) is 6.63. The molecule has 0 atom stereocenters. The minimum Gasteiger partial charge on any atom is -0.316 e. The molecule has 0 aliphatic carbocycles. The van der Waals surface area contributed by atoms with E-state index < -0.39 is 0 Å². The fourth-order valence-electron chi connectivity index (χ4n) is 2.30. The fourth-order valence-corrected chi connectivity index (χ4v) is 2.30. The van der Waals surface area contributed by atoms with Crippen LogP contribution in [0, 0.1) is 0 Å². The predicted octanol–water partition coefficient (Wildman–Crippen LogP) is 3.03. The molecule has 0 aliphatic rings. The van der Waals surface area contributed by atoms with Crippen molar-refractivity contribution in [3.63, 3.8) is 0 Å². The molecule has 2 nitrogen and oxygen atoms in total. The van der Waals surface area contributed by atoms with Gasteiger partial charge in [-0.05, 0) is 38.1 Å². The molecule has 0 fully saturated rings. The lowest BCUT2D eigenvalue weighted by molar-refractivity contribution is 0.222. The molecule has 0 unspecified atom stereocenters. The Hall–Kier alpha value is -0.860. The molecule has 0 saturated heterocycles. The molecule has 0 saturated carbocycles. The minimum atomic E-state index is 0.701. The number of nitrogens with zero attached hydrogens (tertiary/aromatic N) is 1. The highest BCUT2D eigenvalue weighted by Gasteiger charge is 2.10. The van der Waals surface area contributed by atoms with Crippen molar-refractivity contribution >= 4 is 0 Å². The highest BCUT2D eigenvalue weighted by atomic mass is 15.1. The summed E-state index contributed by atoms with van der Waals surface area (Å²) < 4.78 is 0. The molecule has 0 heterocycles. The molecule has 1 rings (SSSR count). The van der Waals surface area contributed by atoms with Crippen LogP contribution in [0.3, 0.4) is 0 Å². The van der Waals surface area contributed by atoms with E-state index in [9.17, 15) is 0 Å². The Balaban J connectivity index is 2.56. The van der Waals surface area contributed by atoms with Crippen LogP contribution in [-0.2, 0) is 13.1 Å². The maximum absolute atomic E-state index is 3.17. The molecule has 96 valence electrons. The van der Waals surface area contributed by atoms with E-state index >= 15 is 0 Å². The standard InChI is InChI=1S/C15H26N2/c1-5-15(6-2)17(4)12-14-9-7-13(8-10-14)11-16-3/h7-10,15-16H,5-6,11-12H2,1-4H3. The summed E-state index contributed by atoms with van der Waals surface area (Å²) in [4.78, 5) is 2.45. The Labute approximate surface area is 106 Å². The Morgan fingerprint density at radius 3 is 2.06 bits per heavy atom. The maximum Gasteiger partial charge on any atom is 0.0233 e. The third kappa shape index (κ3) is 4.49. The zero-order valence-corrected chi connectivity index (χ0v) is 11.7. The molecule has 0 radical (unpaired) electrons. The molecule has 1 N–H and O–H groups in total. The quantitative estimate of drug-likeness (QED) is 0.780. The fraction of sp³-hybridized carbons (Fsp3) is 0.600. The van der Waals surface area contributed by atoms with Crippen LogP contribution in [0.4, 0.5) is 0 Å². The average Bonchev–Trinajstić information content (AvgIpc) is 2.33. The summed E-state index contributed by atoms with van der Waals surface area (Å²) >= 11 is 0. The van der Waals surface area contributed by atoms with Gasteiger partial charge in [-0.1, -0.05) is 38.1 Å². The van der Waals surface area contributed by atoms with Gasteiger partial charge >= 0.3 is 0 Å². The van der Waals surface area contributed by atoms with E-state index in [4.69, 9.17) is 0 Å². The summed E-state index contributed by atoms with van der Waals surface area (Å²) in [5, 5.41) is 3.17. The molecular formula is C15H26N2. The first-order chi connectivity index (χ1) is 8.21. The zero-order chi connectivity index (χ0) is 12.7. The van der Waals surface area contributed by atoms with Crippen LogP contribution in [0.5, 0.6) is 0 Å². The summed E-state index contributed by atoms with van der Waals surface area (Å²) in [5.74, 6) is 0. The topological polar surface area (TPSA) is 15.3 Å². The Kier molecular flexibility index (Phi) is 6.23. The van der Waals surface area contributed by atoms with Crippen LogP contribution in [0.25, 0.3) is 0 Å². The lowest BCUT2D eigenvalue weighted by atomic mass is 10.1. The van der Waals surface area contributed by atoms with Crippen molar-refractivity contribution in [1.82, 2.24) is 10.2 Å². The van der Waals surface area contributed by atoms with Crippen molar-refractivity contribution in [2.24, 2.45) is 0 Å². The summed E-state index contributed by atoms with van der Waals surface area (Å²) in [5.41, 5.74) is 2.75. The van der Waals surface area contributed by atoms with Crippen LogP contribution in [-0.4, -0.2) is 25.0 Å². The second kappa shape index (κ2) is 7.46. The molecular weight excluding hydrogens is 208 g/mol. The van der Waals surface area contributed by atoms with Gasteiger partial charge in [-0.25, -0.2) is 0 Å². The lowest BCUT2D eigenvalue weighted by Gasteiger charge is -2.26. The van der Waals surface area contributed by atoms with E-state index in [-0.39, 0.29) is 0 Å². The molecule has 0 spiro atoms. The van der Waals surface area contributed by atoms with Gasteiger partial charge in [-0.15, -0.1) is 0 Å². The van der Waals surface area contributed by atoms with E-state index in [0.717, 1.165) is 13.1 Å². The summed E-state index contributed by atoms with van der Waals surface area (Å²) in [6.45, 7) is 6.52. The first-order valence-corrected chi connectivity index (χ1v) is 6.63. The monoisotopic (exact) mass is 234 g/mol. The average molecular weight is 234 g/mol. The van der Waals surface area contributed by atoms with Gasteiger partial charge < -0.3 is 5.32 Å². The van der Waals surface area contributed by atoms with Gasteiger partial charge in [0, 0.05) is 19.1 Å². The van der Waals surface area contributed by atoms with Crippen molar-refractivity contribution < 1.29 is 0 Å². The van der Waals surface area contributed by atoms with Crippen molar-refractivity contribution in [3.8, 4) is 0 Å². The van der Waals surface area contributed by atoms with Crippen LogP contribution in [0.2, 0.25) is 0 Å². The predicted molar refractivity (Wildman–Crippen MR) is 75.0 cm³/mol. The van der Waals surface area contributed by atoms with Gasteiger partial charge in [0.15, 0.2) is 0 Å².